The molecule has 26 heavy (non-hydrogen) atoms. The number of aromatic hydroxyl groups is 1. The number of hydrazone groups is 1. The van der Waals surface area contributed by atoms with Crippen LogP contribution < -0.4 is 10.3 Å². The van der Waals surface area contributed by atoms with Crippen molar-refractivity contribution in [3.05, 3.63) is 59.7 Å². The maximum atomic E-state index is 12.2. The maximum Gasteiger partial charge on any atom is 0.243 e. The molecule has 5 heteroatoms. The third-order valence-electron chi connectivity index (χ3n) is 4.88. The molecular formula is C21H25N3O2. The molecule has 0 spiro atoms. The number of carbonyl (C=O) groups excluding carboxylic acids is 1. The number of nitrogens with zero attached hydrogens (tertiary/aromatic N) is 2. The fourth-order valence-electron chi connectivity index (χ4n) is 3.23. The fraction of sp³-hybridized carbons (Fsp3) is 0.333. The van der Waals surface area contributed by atoms with Crippen molar-refractivity contribution in [2.24, 2.45) is 11.0 Å². The number of phenolic OH excluding ortho intramolecular Hbond substituents is 1. The zero-order valence-electron chi connectivity index (χ0n) is 15.2. The zero-order chi connectivity index (χ0) is 18.5. The monoisotopic (exact) mass is 351 g/mol. The summed E-state index contributed by atoms with van der Waals surface area (Å²) >= 11 is 0. The predicted molar refractivity (Wildman–Crippen MR) is 105 cm³/mol. The van der Waals surface area contributed by atoms with E-state index in [1.807, 2.05) is 30.3 Å². The Balaban J connectivity index is 1.56. The molecule has 0 heterocycles. The molecule has 1 saturated carbocycles. The number of nitrogens with one attached hydrogen (secondary N) is 1. The molecule has 2 atom stereocenters. The molecule has 0 saturated heterocycles. The van der Waals surface area contributed by atoms with E-state index >= 15 is 0 Å². The molecule has 3 rings (SSSR count). The topological polar surface area (TPSA) is 64.9 Å². The molecule has 0 radical (unpaired) electrons. The van der Waals surface area contributed by atoms with Gasteiger partial charge in [-0.15, -0.1) is 0 Å². The molecule has 2 N–H and O–H groups in total. The molecular weight excluding hydrogens is 326 g/mol. The van der Waals surface area contributed by atoms with Crippen LogP contribution in [0.3, 0.4) is 0 Å². The lowest BCUT2D eigenvalue weighted by molar-refractivity contribution is -0.122. The molecule has 2 aromatic rings. The van der Waals surface area contributed by atoms with E-state index in [9.17, 15) is 9.90 Å². The fourth-order valence-corrected chi connectivity index (χ4v) is 3.23. The average molecular weight is 351 g/mol. The summed E-state index contributed by atoms with van der Waals surface area (Å²) in [7, 11) is 0. The summed E-state index contributed by atoms with van der Waals surface area (Å²) in [5.74, 6) is 0.344. The summed E-state index contributed by atoms with van der Waals surface area (Å²) in [5.41, 5.74) is 5.33. The van der Waals surface area contributed by atoms with Crippen molar-refractivity contribution >= 4 is 17.8 Å². The molecule has 0 aromatic heterocycles. The quantitative estimate of drug-likeness (QED) is 0.593. The van der Waals surface area contributed by atoms with Crippen molar-refractivity contribution in [2.45, 2.75) is 26.2 Å². The van der Waals surface area contributed by atoms with Crippen molar-refractivity contribution < 1.29 is 9.90 Å². The Hall–Kier alpha value is -2.82. The van der Waals surface area contributed by atoms with Crippen LogP contribution in [0.1, 0.15) is 37.3 Å². The van der Waals surface area contributed by atoms with Gasteiger partial charge in [-0.25, -0.2) is 5.43 Å². The van der Waals surface area contributed by atoms with Gasteiger partial charge in [0.05, 0.1) is 6.21 Å². The molecule has 2 aromatic carbocycles. The number of amides is 1. The average Bonchev–Trinajstić information content (AvgIpc) is 3.46. The highest BCUT2D eigenvalue weighted by molar-refractivity contribution is 5.87. The molecule has 5 nitrogen and oxygen atoms in total. The number of benzene rings is 2. The van der Waals surface area contributed by atoms with Gasteiger partial charge >= 0.3 is 0 Å². The van der Waals surface area contributed by atoms with Crippen molar-refractivity contribution in [3.8, 4) is 5.75 Å². The molecule has 1 aliphatic carbocycles. The molecule has 1 aliphatic rings. The van der Waals surface area contributed by atoms with E-state index in [2.05, 4.69) is 41.4 Å². The maximum absolute atomic E-state index is 12.2. The van der Waals surface area contributed by atoms with Crippen LogP contribution in [0.4, 0.5) is 5.69 Å². The first-order chi connectivity index (χ1) is 12.6. The van der Waals surface area contributed by atoms with Crippen molar-refractivity contribution in [2.75, 3.05) is 18.0 Å². The van der Waals surface area contributed by atoms with Crippen LogP contribution >= 0.6 is 0 Å². The largest absolute Gasteiger partial charge is 0.507 e. The normalized spacial score (nSPS) is 18.7. The Morgan fingerprint density at radius 2 is 1.96 bits per heavy atom. The van der Waals surface area contributed by atoms with E-state index in [4.69, 9.17) is 0 Å². The minimum Gasteiger partial charge on any atom is -0.507 e. The van der Waals surface area contributed by atoms with Gasteiger partial charge in [-0.3, -0.25) is 4.79 Å². The number of anilines is 1. The summed E-state index contributed by atoms with van der Waals surface area (Å²) in [5, 5.41) is 14.2. The van der Waals surface area contributed by atoms with Gasteiger partial charge in [-0.1, -0.05) is 30.3 Å². The van der Waals surface area contributed by atoms with Crippen LogP contribution in [-0.2, 0) is 4.79 Å². The number of hydrogen-bond donors (Lipinski definition) is 2. The van der Waals surface area contributed by atoms with Crippen molar-refractivity contribution in [1.29, 1.82) is 0 Å². The Labute approximate surface area is 154 Å². The third kappa shape index (κ3) is 4.04. The Morgan fingerprint density at radius 3 is 2.62 bits per heavy atom. The van der Waals surface area contributed by atoms with Gasteiger partial charge in [-0.2, -0.15) is 5.10 Å². The van der Waals surface area contributed by atoms with Crippen molar-refractivity contribution in [3.63, 3.8) is 0 Å². The van der Waals surface area contributed by atoms with Crippen LogP contribution in [0.5, 0.6) is 5.75 Å². The number of rotatable bonds is 7. The predicted octanol–water partition coefficient (Wildman–Crippen LogP) is 3.49. The SMILES string of the molecule is CCN(CC)c1ccc(/C=N\NC(=O)[C@H]2C[C@H]2c2ccccc2)c(O)c1. The van der Waals surface area contributed by atoms with E-state index in [0.717, 1.165) is 25.2 Å². The minimum atomic E-state index is -0.0747. The van der Waals surface area contributed by atoms with E-state index in [-0.39, 0.29) is 23.5 Å². The smallest absolute Gasteiger partial charge is 0.243 e. The van der Waals surface area contributed by atoms with Gasteiger partial charge in [0, 0.05) is 36.3 Å². The van der Waals surface area contributed by atoms with E-state index in [1.54, 1.807) is 6.07 Å². The van der Waals surface area contributed by atoms with Gasteiger partial charge in [0.25, 0.3) is 0 Å². The lowest BCUT2D eigenvalue weighted by Gasteiger charge is -2.21. The summed E-state index contributed by atoms with van der Waals surface area (Å²) in [6.07, 6.45) is 2.34. The molecule has 1 fully saturated rings. The molecule has 0 aliphatic heterocycles. The van der Waals surface area contributed by atoms with Crippen LogP contribution in [0.2, 0.25) is 0 Å². The molecule has 136 valence electrons. The highest BCUT2D eigenvalue weighted by atomic mass is 16.3. The first kappa shape index (κ1) is 18.0. The first-order valence-electron chi connectivity index (χ1n) is 9.09. The van der Waals surface area contributed by atoms with Crippen LogP contribution in [0, 0.1) is 5.92 Å². The standard InChI is InChI=1S/C21H25N3O2/c1-3-24(4-2)17-11-10-16(20(25)12-17)14-22-23-21(26)19-13-18(19)15-8-6-5-7-9-15/h5-12,14,18-19,25H,3-4,13H2,1-2H3,(H,23,26)/b22-14-/t18-,19-/m0/s1. The van der Waals surface area contributed by atoms with Crippen molar-refractivity contribution in [1.82, 2.24) is 5.43 Å². The lowest BCUT2D eigenvalue weighted by atomic mass is 10.1. The van der Waals surface area contributed by atoms with Gasteiger partial charge < -0.3 is 10.0 Å². The molecule has 0 bridgehead atoms. The van der Waals surface area contributed by atoms with E-state index in [1.165, 1.54) is 11.8 Å². The minimum absolute atomic E-state index is 0.0202. The Morgan fingerprint density at radius 1 is 1.23 bits per heavy atom. The summed E-state index contributed by atoms with van der Waals surface area (Å²) in [4.78, 5) is 14.3. The van der Waals surface area contributed by atoms with Gasteiger partial charge in [0.2, 0.25) is 5.91 Å². The second kappa shape index (κ2) is 8.04. The third-order valence-corrected chi connectivity index (χ3v) is 4.88. The molecule has 0 unspecified atom stereocenters. The lowest BCUT2D eigenvalue weighted by Crippen LogP contribution is -2.21. The second-order valence-electron chi connectivity index (χ2n) is 6.51. The van der Waals surface area contributed by atoms with Gasteiger partial charge in [-0.05, 0) is 43.9 Å². The highest BCUT2D eigenvalue weighted by Crippen LogP contribution is 2.47. The summed E-state index contributed by atoms with van der Waals surface area (Å²) < 4.78 is 0. The number of phenols is 1. The highest BCUT2D eigenvalue weighted by Gasteiger charge is 2.43. The van der Waals surface area contributed by atoms with Crippen LogP contribution in [-0.4, -0.2) is 30.3 Å². The number of carbonyl (C=O) groups is 1. The second-order valence-corrected chi connectivity index (χ2v) is 6.51. The zero-order valence-corrected chi connectivity index (χ0v) is 15.2. The van der Waals surface area contributed by atoms with Gasteiger partial charge in [0.1, 0.15) is 5.75 Å². The summed E-state index contributed by atoms with van der Waals surface area (Å²) in [6, 6.07) is 15.5. The van der Waals surface area contributed by atoms with Crippen LogP contribution in [0.15, 0.2) is 53.6 Å². The van der Waals surface area contributed by atoms with Gasteiger partial charge in [0.15, 0.2) is 0 Å². The van der Waals surface area contributed by atoms with E-state index in [0.29, 0.717) is 5.56 Å². The summed E-state index contributed by atoms with van der Waals surface area (Å²) in [6.45, 7) is 5.91. The Bertz CT molecular complexity index is 785. The first-order valence-corrected chi connectivity index (χ1v) is 9.09. The number of hydrogen-bond acceptors (Lipinski definition) is 4. The Kier molecular flexibility index (Phi) is 5.56. The van der Waals surface area contributed by atoms with Crippen LogP contribution in [0.25, 0.3) is 0 Å². The molecule has 1 amide bonds. The van der Waals surface area contributed by atoms with E-state index < -0.39 is 0 Å².